The predicted molar refractivity (Wildman–Crippen MR) is 53.7 cm³/mol. The molecule has 4 unspecified atom stereocenters. The van der Waals surface area contributed by atoms with Crippen LogP contribution in [0, 0.1) is 0 Å². The molecule has 0 radical (unpaired) electrons. The van der Waals surface area contributed by atoms with E-state index in [4.69, 9.17) is 15.6 Å². The van der Waals surface area contributed by atoms with Crippen molar-refractivity contribution in [1.82, 2.24) is 9.55 Å². The molecule has 0 aliphatic carbocycles. The summed E-state index contributed by atoms with van der Waals surface area (Å²) in [5, 5.41) is 8.78. The first-order chi connectivity index (χ1) is 8.04. The smallest absolute Gasteiger partial charge is 0.351 e. The first-order valence-electron chi connectivity index (χ1n) is 4.93. The number of rotatable bonds is 2. The van der Waals surface area contributed by atoms with E-state index in [2.05, 4.69) is 4.98 Å². The normalized spacial score (nSPS) is 32.9. The number of aliphatic hydroxyl groups excluding tert-OH is 1. The lowest BCUT2D eigenvalue weighted by Crippen LogP contribution is -2.32. The van der Waals surface area contributed by atoms with Crippen LogP contribution in [-0.4, -0.2) is 39.7 Å². The Bertz CT molecular complexity index is 467. The molecule has 1 aromatic heterocycles. The Kier molecular flexibility index (Phi) is 3.07. The van der Waals surface area contributed by atoms with Crippen LogP contribution in [0.2, 0.25) is 0 Å². The Morgan fingerprint density at radius 1 is 1.53 bits per heavy atom. The number of nitrogens with two attached hydrogens (primary N) is 1. The molecule has 0 aromatic carbocycles. The van der Waals surface area contributed by atoms with Gasteiger partial charge in [-0.15, -0.1) is 0 Å². The number of alkyl halides is 2. The standard InChI is InChI=1S/C9H11F2N3O3/c10-6-4(3-15)17-8(7(6)11)14-2-1-5(12)13-9(14)16/h1-2,4,6-8,15H,3H2,(H2,12,13,16)/i11-1. The van der Waals surface area contributed by atoms with Crippen LogP contribution in [0.25, 0.3) is 0 Å². The van der Waals surface area contributed by atoms with Crippen LogP contribution >= 0.6 is 0 Å². The minimum Gasteiger partial charge on any atom is -0.394 e. The number of halogens is 2. The van der Waals surface area contributed by atoms with Gasteiger partial charge in [-0.1, -0.05) is 0 Å². The summed E-state index contributed by atoms with van der Waals surface area (Å²) < 4.78 is 32.6. The summed E-state index contributed by atoms with van der Waals surface area (Å²) in [5.74, 6) is -0.0184. The summed E-state index contributed by atoms with van der Waals surface area (Å²) in [6.07, 6.45) is -5.54. The molecule has 1 fully saturated rings. The maximum atomic E-state index is 13.6. The third-order valence-electron chi connectivity index (χ3n) is 2.55. The van der Waals surface area contributed by atoms with Crippen molar-refractivity contribution in [3.05, 3.63) is 22.7 Å². The maximum absolute atomic E-state index is 13.6. The fraction of sp³-hybridized carbons (Fsp3) is 0.556. The van der Waals surface area contributed by atoms with Gasteiger partial charge in [0.05, 0.1) is 6.61 Å². The van der Waals surface area contributed by atoms with E-state index >= 15 is 0 Å². The van der Waals surface area contributed by atoms with Crippen LogP contribution in [0.3, 0.4) is 0 Å². The second-order valence-corrected chi connectivity index (χ2v) is 3.68. The van der Waals surface area contributed by atoms with Gasteiger partial charge in [-0.25, -0.2) is 13.6 Å². The molecular formula is C9H11F2N3O3. The van der Waals surface area contributed by atoms with Crippen LogP contribution < -0.4 is 11.4 Å². The molecule has 1 aromatic rings. The topological polar surface area (TPSA) is 90.4 Å². The summed E-state index contributed by atoms with van der Waals surface area (Å²) >= 11 is 0. The van der Waals surface area contributed by atoms with Gasteiger partial charge in [0.1, 0.15) is 11.9 Å². The second-order valence-electron chi connectivity index (χ2n) is 3.68. The minimum absolute atomic E-state index is 0.0184. The molecule has 6 nitrogen and oxygen atoms in total. The van der Waals surface area contributed by atoms with Gasteiger partial charge in [-0.2, -0.15) is 4.98 Å². The predicted octanol–water partition coefficient (Wildman–Crippen LogP) is -0.609. The summed E-state index contributed by atoms with van der Waals surface area (Å²) in [5.41, 5.74) is 4.44. The average molecular weight is 246 g/mol. The van der Waals surface area contributed by atoms with Gasteiger partial charge in [-0.3, -0.25) is 4.57 Å². The Balaban J connectivity index is 2.32. The van der Waals surface area contributed by atoms with Gasteiger partial charge in [0.2, 0.25) is 0 Å². The fourth-order valence-corrected chi connectivity index (χ4v) is 1.67. The van der Waals surface area contributed by atoms with Gasteiger partial charge in [0, 0.05) is 6.20 Å². The van der Waals surface area contributed by atoms with Crippen molar-refractivity contribution in [2.75, 3.05) is 12.3 Å². The van der Waals surface area contributed by atoms with Gasteiger partial charge >= 0.3 is 5.69 Å². The van der Waals surface area contributed by atoms with Crippen molar-refractivity contribution in [1.29, 1.82) is 0 Å². The minimum atomic E-state index is -2.03. The lowest BCUT2D eigenvalue weighted by atomic mass is 10.2. The van der Waals surface area contributed by atoms with Crippen LogP contribution in [0.4, 0.5) is 14.6 Å². The van der Waals surface area contributed by atoms with E-state index in [1.807, 2.05) is 0 Å². The molecule has 1 aliphatic rings. The van der Waals surface area contributed by atoms with Gasteiger partial charge in [0.25, 0.3) is 0 Å². The number of ether oxygens (including phenoxy) is 1. The molecular weight excluding hydrogens is 235 g/mol. The lowest BCUT2D eigenvalue weighted by Gasteiger charge is -2.15. The summed E-state index contributed by atoms with van der Waals surface area (Å²) in [7, 11) is 0. The number of hydrogen-bond donors (Lipinski definition) is 2. The van der Waals surface area contributed by atoms with Crippen LogP contribution in [0.15, 0.2) is 17.1 Å². The number of hydrogen-bond acceptors (Lipinski definition) is 5. The molecule has 3 N–H and O–H groups in total. The first-order valence-corrected chi connectivity index (χ1v) is 4.93. The van der Waals surface area contributed by atoms with Crippen molar-refractivity contribution in [3.8, 4) is 0 Å². The van der Waals surface area contributed by atoms with Crippen LogP contribution in [0.1, 0.15) is 6.23 Å². The van der Waals surface area contributed by atoms with Gasteiger partial charge in [0.15, 0.2) is 18.6 Å². The molecule has 2 rings (SSSR count). The average Bonchev–Trinajstić information content (AvgIpc) is 2.57. The van der Waals surface area contributed by atoms with Crippen molar-refractivity contribution in [3.63, 3.8) is 0 Å². The zero-order valence-electron chi connectivity index (χ0n) is 8.66. The molecule has 94 valence electrons. The van der Waals surface area contributed by atoms with Crippen molar-refractivity contribution < 1.29 is 18.6 Å². The summed E-state index contributed by atoms with van der Waals surface area (Å²) in [6.45, 7) is -0.658. The molecule has 0 spiro atoms. The number of aliphatic hydroxyl groups is 1. The number of aromatic nitrogens is 2. The molecule has 0 saturated carbocycles. The van der Waals surface area contributed by atoms with E-state index in [-0.39, 0.29) is 5.82 Å². The van der Waals surface area contributed by atoms with E-state index in [1.165, 1.54) is 12.3 Å². The van der Waals surface area contributed by atoms with Gasteiger partial charge in [-0.05, 0) is 6.07 Å². The van der Waals surface area contributed by atoms with Crippen molar-refractivity contribution in [2.45, 2.75) is 24.7 Å². The maximum Gasteiger partial charge on any atom is 0.351 e. The van der Waals surface area contributed by atoms with E-state index in [1.54, 1.807) is 0 Å². The molecule has 0 bridgehead atoms. The lowest BCUT2D eigenvalue weighted by molar-refractivity contribution is -0.0436. The number of anilines is 1. The molecule has 2 heterocycles. The zero-order chi connectivity index (χ0) is 12.6. The highest BCUT2D eigenvalue weighted by Crippen LogP contribution is 2.32. The molecule has 0 amide bonds. The summed E-state index contributed by atoms with van der Waals surface area (Å²) in [4.78, 5) is 14.8. The Labute approximate surface area is 94.6 Å². The highest BCUT2D eigenvalue weighted by atomic mass is 19.1. The third kappa shape index (κ3) is 2.01. The van der Waals surface area contributed by atoms with E-state index < -0.39 is 37.0 Å². The van der Waals surface area contributed by atoms with Crippen molar-refractivity contribution >= 4 is 5.82 Å². The van der Waals surface area contributed by atoms with E-state index in [0.717, 1.165) is 4.57 Å². The quantitative estimate of drug-likeness (QED) is 0.726. The summed E-state index contributed by atoms with van der Waals surface area (Å²) in [6, 6.07) is 1.27. The molecule has 1 saturated heterocycles. The molecule has 8 heteroatoms. The second kappa shape index (κ2) is 4.38. The third-order valence-corrected chi connectivity index (χ3v) is 2.55. The Morgan fingerprint density at radius 3 is 2.76 bits per heavy atom. The van der Waals surface area contributed by atoms with Crippen LogP contribution in [0.5, 0.6) is 0 Å². The van der Waals surface area contributed by atoms with E-state index in [9.17, 15) is 13.6 Å². The van der Waals surface area contributed by atoms with Crippen molar-refractivity contribution in [2.24, 2.45) is 0 Å². The Hall–Kier alpha value is -1.54. The highest BCUT2D eigenvalue weighted by Gasteiger charge is 2.46. The number of nitrogen functional groups attached to an aromatic ring is 1. The molecule has 17 heavy (non-hydrogen) atoms. The molecule has 1 aliphatic heterocycles. The fourth-order valence-electron chi connectivity index (χ4n) is 1.67. The van der Waals surface area contributed by atoms with E-state index in [0.29, 0.717) is 0 Å². The Morgan fingerprint density at radius 2 is 2.24 bits per heavy atom. The SMILES string of the molecule is Nc1ccn(C2OC(CO)C(F)C2[18F])c(=O)n1. The molecule has 4 atom stereocenters. The van der Waals surface area contributed by atoms with Crippen LogP contribution in [-0.2, 0) is 4.74 Å². The zero-order valence-corrected chi connectivity index (χ0v) is 8.66. The highest BCUT2D eigenvalue weighted by molar-refractivity contribution is 5.23. The van der Waals surface area contributed by atoms with Gasteiger partial charge < -0.3 is 15.6 Å². The largest absolute Gasteiger partial charge is 0.394 e. The number of nitrogens with zero attached hydrogens (tertiary/aromatic N) is 2. The monoisotopic (exact) mass is 246 g/mol. The first kappa shape index (κ1) is 11.9.